The lowest BCUT2D eigenvalue weighted by Crippen LogP contribution is -2.40. The largest absolute Gasteiger partial charge is 0.497 e. The number of likely N-dealkylation sites (N-methyl/N-ethyl adjacent to an activating group) is 1. The summed E-state index contributed by atoms with van der Waals surface area (Å²) in [6, 6.07) is 9.34. The highest BCUT2D eigenvalue weighted by Crippen LogP contribution is 2.12. The average molecular weight is 250 g/mol. The summed E-state index contributed by atoms with van der Waals surface area (Å²) in [5.74, 6) is 0.917. The van der Waals surface area contributed by atoms with Crippen LogP contribution in [0.15, 0.2) is 24.3 Å². The molecular weight excluding hydrogens is 224 g/mol. The smallest absolute Gasteiger partial charge is 0.118 e. The van der Waals surface area contributed by atoms with E-state index in [-0.39, 0.29) is 0 Å². The van der Waals surface area contributed by atoms with E-state index in [9.17, 15) is 0 Å². The predicted octanol–water partition coefficient (Wildman–Crippen LogP) is 2.17. The lowest BCUT2D eigenvalue weighted by atomic mass is 10.1. The number of hydrogen-bond donors (Lipinski definition) is 1. The summed E-state index contributed by atoms with van der Waals surface area (Å²) >= 11 is 0. The Morgan fingerprint density at radius 1 is 1.17 bits per heavy atom. The van der Waals surface area contributed by atoms with E-state index in [0.717, 1.165) is 18.7 Å². The average Bonchev–Trinajstić information content (AvgIpc) is 2.36. The molecule has 0 spiro atoms. The van der Waals surface area contributed by atoms with Gasteiger partial charge in [-0.05, 0) is 52.1 Å². The maximum atomic E-state index is 5.16. The molecule has 0 aliphatic carbocycles. The fourth-order valence-electron chi connectivity index (χ4n) is 1.74. The van der Waals surface area contributed by atoms with Gasteiger partial charge < -0.3 is 15.0 Å². The second-order valence-corrected chi connectivity index (χ2v) is 5.17. The van der Waals surface area contributed by atoms with Gasteiger partial charge in [0.25, 0.3) is 0 Å². The molecule has 2 atom stereocenters. The van der Waals surface area contributed by atoms with Crippen LogP contribution in [-0.2, 0) is 6.42 Å². The van der Waals surface area contributed by atoms with Gasteiger partial charge in [-0.1, -0.05) is 12.1 Å². The van der Waals surface area contributed by atoms with Crippen LogP contribution in [0.25, 0.3) is 0 Å². The highest BCUT2D eigenvalue weighted by molar-refractivity contribution is 5.27. The quantitative estimate of drug-likeness (QED) is 0.802. The van der Waals surface area contributed by atoms with Crippen molar-refractivity contribution in [1.82, 2.24) is 10.2 Å². The predicted molar refractivity (Wildman–Crippen MR) is 77.3 cm³/mol. The highest BCUT2D eigenvalue weighted by atomic mass is 16.5. The van der Waals surface area contributed by atoms with E-state index in [4.69, 9.17) is 4.74 Å². The molecule has 3 nitrogen and oxygen atoms in total. The molecule has 0 bridgehead atoms. The van der Waals surface area contributed by atoms with Crippen molar-refractivity contribution in [2.45, 2.75) is 32.4 Å². The molecule has 1 rings (SSSR count). The SMILES string of the molecule is COc1ccc(CC(C)NCC(C)N(C)C)cc1. The Balaban J connectivity index is 2.37. The summed E-state index contributed by atoms with van der Waals surface area (Å²) < 4.78 is 5.16. The zero-order valence-corrected chi connectivity index (χ0v) is 12.2. The van der Waals surface area contributed by atoms with Crippen LogP contribution in [0.4, 0.5) is 0 Å². The Labute approximate surface area is 111 Å². The second kappa shape index (κ2) is 7.39. The molecule has 1 aromatic carbocycles. The summed E-state index contributed by atoms with van der Waals surface area (Å²) in [4.78, 5) is 2.23. The molecule has 1 N–H and O–H groups in total. The van der Waals surface area contributed by atoms with Gasteiger partial charge >= 0.3 is 0 Å². The lowest BCUT2D eigenvalue weighted by Gasteiger charge is -2.23. The zero-order chi connectivity index (χ0) is 13.5. The molecule has 0 aliphatic rings. The molecule has 0 fully saturated rings. The number of benzene rings is 1. The van der Waals surface area contributed by atoms with Crippen molar-refractivity contribution in [3.63, 3.8) is 0 Å². The van der Waals surface area contributed by atoms with Crippen LogP contribution < -0.4 is 10.1 Å². The monoisotopic (exact) mass is 250 g/mol. The molecule has 3 heteroatoms. The number of nitrogens with one attached hydrogen (secondary N) is 1. The zero-order valence-electron chi connectivity index (χ0n) is 12.2. The van der Waals surface area contributed by atoms with Crippen molar-refractivity contribution in [3.05, 3.63) is 29.8 Å². The van der Waals surface area contributed by atoms with Crippen LogP contribution in [0.1, 0.15) is 19.4 Å². The Bertz CT molecular complexity index is 335. The fraction of sp³-hybridized carbons (Fsp3) is 0.600. The third-order valence-electron chi connectivity index (χ3n) is 3.34. The van der Waals surface area contributed by atoms with E-state index in [1.807, 2.05) is 12.1 Å². The number of methoxy groups -OCH3 is 1. The maximum absolute atomic E-state index is 5.16. The third-order valence-corrected chi connectivity index (χ3v) is 3.34. The molecule has 0 radical (unpaired) electrons. The maximum Gasteiger partial charge on any atom is 0.118 e. The van der Waals surface area contributed by atoms with Crippen LogP contribution in [-0.4, -0.2) is 44.7 Å². The van der Waals surface area contributed by atoms with Crippen LogP contribution >= 0.6 is 0 Å². The van der Waals surface area contributed by atoms with Crippen molar-refractivity contribution in [2.75, 3.05) is 27.7 Å². The molecule has 0 saturated carbocycles. The van der Waals surface area contributed by atoms with Gasteiger partial charge in [0.15, 0.2) is 0 Å². The number of ether oxygens (including phenoxy) is 1. The van der Waals surface area contributed by atoms with Crippen molar-refractivity contribution < 1.29 is 4.74 Å². The van der Waals surface area contributed by atoms with Gasteiger partial charge in [0.1, 0.15) is 5.75 Å². The van der Waals surface area contributed by atoms with E-state index in [1.54, 1.807) is 7.11 Å². The van der Waals surface area contributed by atoms with Crippen molar-refractivity contribution >= 4 is 0 Å². The van der Waals surface area contributed by atoms with E-state index in [2.05, 4.69) is 50.3 Å². The third kappa shape index (κ3) is 5.07. The lowest BCUT2D eigenvalue weighted by molar-refractivity contribution is 0.295. The van der Waals surface area contributed by atoms with Gasteiger partial charge in [0.2, 0.25) is 0 Å². The first-order valence-electron chi connectivity index (χ1n) is 6.55. The van der Waals surface area contributed by atoms with Gasteiger partial charge in [-0.15, -0.1) is 0 Å². The van der Waals surface area contributed by atoms with Crippen molar-refractivity contribution in [2.24, 2.45) is 0 Å². The first-order chi connectivity index (χ1) is 8.52. The number of rotatable bonds is 7. The normalized spacial score (nSPS) is 14.6. The van der Waals surface area contributed by atoms with E-state index >= 15 is 0 Å². The first kappa shape index (κ1) is 15.0. The Morgan fingerprint density at radius 2 is 1.78 bits per heavy atom. The first-order valence-corrected chi connectivity index (χ1v) is 6.55. The minimum atomic E-state index is 0.487. The molecule has 0 amide bonds. The summed E-state index contributed by atoms with van der Waals surface area (Å²) in [5.41, 5.74) is 1.34. The highest BCUT2D eigenvalue weighted by Gasteiger charge is 2.07. The van der Waals surface area contributed by atoms with Gasteiger partial charge in [-0.25, -0.2) is 0 Å². The molecule has 18 heavy (non-hydrogen) atoms. The van der Waals surface area contributed by atoms with Gasteiger partial charge in [0.05, 0.1) is 7.11 Å². The number of nitrogens with zero attached hydrogens (tertiary/aromatic N) is 1. The molecule has 1 aromatic rings. The Hall–Kier alpha value is -1.06. The van der Waals surface area contributed by atoms with Crippen LogP contribution in [0.5, 0.6) is 5.75 Å². The van der Waals surface area contributed by atoms with E-state index in [1.165, 1.54) is 5.56 Å². The molecule has 102 valence electrons. The summed E-state index contributed by atoms with van der Waals surface area (Å²) in [7, 11) is 5.92. The van der Waals surface area contributed by atoms with Crippen molar-refractivity contribution in [1.29, 1.82) is 0 Å². The fourth-order valence-corrected chi connectivity index (χ4v) is 1.74. The van der Waals surface area contributed by atoms with Gasteiger partial charge in [0, 0.05) is 18.6 Å². The molecule has 0 saturated heterocycles. The van der Waals surface area contributed by atoms with Crippen LogP contribution in [0.2, 0.25) is 0 Å². The molecule has 0 heterocycles. The Morgan fingerprint density at radius 3 is 2.28 bits per heavy atom. The standard InChI is InChI=1S/C15H26N2O/c1-12(16-11-13(2)17(3)4)10-14-6-8-15(18-5)9-7-14/h6-9,12-13,16H,10-11H2,1-5H3. The molecule has 2 unspecified atom stereocenters. The summed E-state index contributed by atoms with van der Waals surface area (Å²) in [5, 5.41) is 3.57. The van der Waals surface area contributed by atoms with Crippen LogP contribution in [0.3, 0.4) is 0 Å². The summed E-state index contributed by atoms with van der Waals surface area (Å²) in [6.45, 7) is 5.48. The molecule has 0 aliphatic heterocycles. The topological polar surface area (TPSA) is 24.5 Å². The van der Waals surface area contributed by atoms with E-state index < -0.39 is 0 Å². The van der Waals surface area contributed by atoms with Crippen molar-refractivity contribution in [3.8, 4) is 5.75 Å². The minimum Gasteiger partial charge on any atom is -0.497 e. The second-order valence-electron chi connectivity index (χ2n) is 5.17. The Kier molecular flexibility index (Phi) is 6.16. The van der Waals surface area contributed by atoms with Gasteiger partial charge in [-0.2, -0.15) is 0 Å². The van der Waals surface area contributed by atoms with Gasteiger partial charge in [-0.3, -0.25) is 0 Å². The number of hydrogen-bond acceptors (Lipinski definition) is 3. The van der Waals surface area contributed by atoms with Crippen LogP contribution in [0, 0.1) is 0 Å². The summed E-state index contributed by atoms with van der Waals surface area (Å²) in [6.07, 6.45) is 1.05. The molecular formula is C15H26N2O. The molecule has 0 aromatic heterocycles. The van der Waals surface area contributed by atoms with E-state index in [0.29, 0.717) is 12.1 Å². The minimum absolute atomic E-state index is 0.487.